The first-order valence-corrected chi connectivity index (χ1v) is 10.1. The Morgan fingerprint density at radius 2 is 1.77 bits per heavy atom. The quantitative estimate of drug-likeness (QED) is 0.612. The second kappa shape index (κ2) is 7.63. The maximum atomic E-state index is 13.0. The summed E-state index contributed by atoms with van der Waals surface area (Å²) in [6.45, 7) is 4.22. The van der Waals surface area contributed by atoms with Crippen LogP contribution in [0.4, 0.5) is 24.7 Å². The zero-order valence-corrected chi connectivity index (χ0v) is 17.0. The highest BCUT2D eigenvalue weighted by Crippen LogP contribution is 2.38. The van der Waals surface area contributed by atoms with E-state index in [1.807, 2.05) is 9.47 Å². The SMILES string of the molecule is COCCn1cnc2c(N3CC4CN(c5ccnc(C(F)(F)F)c5)CC4C3)ncnc21. The number of aromatic nitrogens is 5. The van der Waals surface area contributed by atoms with Crippen molar-refractivity contribution in [3.63, 3.8) is 0 Å². The van der Waals surface area contributed by atoms with Crippen LogP contribution >= 0.6 is 0 Å². The molecule has 2 saturated heterocycles. The summed E-state index contributed by atoms with van der Waals surface area (Å²) in [5, 5.41) is 0. The molecule has 0 aromatic carbocycles. The van der Waals surface area contributed by atoms with E-state index in [0.29, 0.717) is 43.8 Å². The number of pyridine rings is 1. The Morgan fingerprint density at radius 1 is 1.03 bits per heavy atom. The first kappa shape index (κ1) is 20.0. The molecule has 0 saturated carbocycles. The molecule has 2 fully saturated rings. The number of halogens is 3. The number of methoxy groups -OCH3 is 1. The van der Waals surface area contributed by atoms with Crippen LogP contribution in [-0.2, 0) is 17.5 Å². The fraction of sp³-hybridized carbons (Fsp3) is 0.500. The number of ether oxygens (including phenoxy) is 1. The second-order valence-electron chi connectivity index (χ2n) is 8.03. The fourth-order valence-corrected chi connectivity index (χ4v) is 4.60. The van der Waals surface area contributed by atoms with Crippen LogP contribution in [0, 0.1) is 11.8 Å². The molecule has 31 heavy (non-hydrogen) atoms. The highest BCUT2D eigenvalue weighted by molar-refractivity contribution is 5.83. The Labute approximate surface area is 176 Å². The molecule has 164 valence electrons. The molecule has 5 rings (SSSR count). The van der Waals surface area contributed by atoms with E-state index in [1.54, 1.807) is 25.8 Å². The average Bonchev–Trinajstić information content (AvgIpc) is 3.44. The molecule has 0 radical (unpaired) electrons. The number of nitrogens with zero attached hydrogens (tertiary/aromatic N) is 7. The molecule has 5 heterocycles. The molecule has 0 bridgehead atoms. The average molecular weight is 433 g/mol. The summed E-state index contributed by atoms with van der Waals surface area (Å²) in [6.07, 6.45) is 0.102. The monoisotopic (exact) mass is 433 g/mol. The topological polar surface area (TPSA) is 72.2 Å². The van der Waals surface area contributed by atoms with E-state index in [2.05, 4.69) is 24.8 Å². The van der Waals surface area contributed by atoms with Gasteiger partial charge >= 0.3 is 6.18 Å². The Balaban J connectivity index is 1.31. The molecule has 3 aromatic rings. The van der Waals surface area contributed by atoms with E-state index in [-0.39, 0.29) is 0 Å². The van der Waals surface area contributed by atoms with Crippen molar-refractivity contribution in [3.05, 3.63) is 36.7 Å². The van der Waals surface area contributed by atoms with Gasteiger partial charge in [-0.05, 0) is 12.1 Å². The van der Waals surface area contributed by atoms with Crippen molar-refractivity contribution >= 4 is 22.7 Å². The third-order valence-corrected chi connectivity index (χ3v) is 6.10. The van der Waals surface area contributed by atoms with Gasteiger partial charge in [0.05, 0.1) is 12.9 Å². The lowest BCUT2D eigenvalue weighted by molar-refractivity contribution is -0.141. The number of alkyl halides is 3. The summed E-state index contributed by atoms with van der Waals surface area (Å²) in [6, 6.07) is 2.79. The highest BCUT2D eigenvalue weighted by Gasteiger charge is 2.42. The zero-order valence-electron chi connectivity index (χ0n) is 17.0. The molecule has 2 atom stereocenters. The van der Waals surface area contributed by atoms with Crippen molar-refractivity contribution in [3.8, 4) is 0 Å². The minimum Gasteiger partial charge on any atom is -0.383 e. The van der Waals surface area contributed by atoms with Gasteiger partial charge < -0.3 is 19.1 Å². The molecule has 3 aromatic heterocycles. The maximum absolute atomic E-state index is 13.0. The van der Waals surface area contributed by atoms with Crippen LogP contribution in [0.5, 0.6) is 0 Å². The Kier molecular flexibility index (Phi) is 4.92. The minimum atomic E-state index is -4.44. The Hall–Kier alpha value is -2.95. The smallest absolute Gasteiger partial charge is 0.383 e. The number of hydrogen-bond acceptors (Lipinski definition) is 7. The Bertz CT molecular complexity index is 1070. The van der Waals surface area contributed by atoms with Crippen LogP contribution in [-0.4, -0.2) is 64.4 Å². The third-order valence-electron chi connectivity index (χ3n) is 6.10. The van der Waals surface area contributed by atoms with Gasteiger partial charge in [0, 0.05) is 63.6 Å². The molecule has 2 aliphatic rings. The molecule has 2 aliphatic heterocycles. The van der Waals surface area contributed by atoms with Gasteiger partial charge in [0.15, 0.2) is 17.0 Å². The summed E-state index contributed by atoms with van der Waals surface area (Å²) >= 11 is 0. The second-order valence-corrected chi connectivity index (χ2v) is 8.03. The lowest BCUT2D eigenvalue weighted by atomic mass is 10.0. The predicted octanol–water partition coefficient (Wildman–Crippen LogP) is 2.46. The van der Waals surface area contributed by atoms with Crippen molar-refractivity contribution in [1.82, 2.24) is 24.5 Å². The summed E-state index contributed by atoms with van der Waals surface area (Å²) in [5.41, 5.74) is 1.26. The van der Waals surface area contributed by atoms with E-state index in [9.17, 15) is 13.2 Å². The van der Waals surface area contributed by atoms with Crippen LogP contribution in [0.15, 0.2) is 31.0 Å². The molecule has 2 unspecified atom stereocenters. The van der Waals surface area contributed by atoms with Crippen molar-refractivity contribution in [1.29, 1.82) is 0 Å². The van der Waals surface area contributed by atoms with Gasteiger partial charge in [-0.25, -0.2) is 15.0 Å². The zero-order chi connectivity index (χ0) is 21.6. The van der Waals surface area contributed by atoms with Crippen molar-refractivity contribution in [2.75, 3.05) is 49.7 Å². The van der Waals surface area contributed by atoms with Gasteiger partial charge in [0.2, 0.25) is 0 Å². The molecule has 8 nitrogen and oxygen atoms in total. The lowest BCUT2D eigenvalue weighted by Gasteiger charge is -2.24. The van der Waals surface area contributed by atoms with Crippen molar-refractivity contribution in [2.24, 2.45) is 11.8 Å². The van der Waals surface area contributed by atoms with Crippen LogP contribution in [0.1, 0.15) is 5.69 Å². The number of rotatable bonds is 5. The van der Waals surface area contributed by atoms with Crippen molar-refractivity contribution < 1.29 is 17.9 Å². The van der Waals surface area contributed by atoms with Gasteiger partial charge in [-0.15, -0.1) is 0 Å². The van der Waals surface area contributed by atoms with E-state index >= 15 is 0 Å². The van der Waals surface area contributed by atoms with E-state index in [4.69, 9.17) is 4.74 Å². The largest absolute Gasteiger partial charge is 0.433 e. The molecular formula is C20H22F3N7O. The van der Waals surface area contributed by atoms with Gasteiger partial charge in [-0.1, -0.05) is 0 Å². The van der Waals surface area contributed by atoms with Gasteiger partial charge in [-0.3, -0.25) is 4.98 Å². The summed E-state index contributed by atoms with van der Waals surface area (Å²) in [7, 11) is 1.65. The van der Waals surface area contributed by atoms with Gasteiger partial charge in [0.25, 0.3) is 0 Å². The number of hydrogen-bond donors (Lipinski definition) is 0. The number of anilines is 2. The minimum absolute atomic E-state index is 0.350. The summed E-state index contributed by atoms with van der Waals surface area (Å²) in [4.78, 5) is 21.1. The van der Waals surface area contributed by atoms with Gasteiger partial charge in [-0.2, -0.15) is 13.2 Å². The highest BCUT2D eigenvalue weighted by atomic mass is 19.4. The Morgan fingerprint density at radius 3 is 2.48 bits per heavy atom. The van der Waals surface area contributed by atoms with Crippen LogP contribution < -0.4 is 9.80 Å². The molecule has 0 N–H and O–H groups in total. The van der Waals surface area contributed by atoms with E-state index in [1.165, 1.54) is 6.20 Å². The molecule has 0 amide bonds. The standard InChI is InChI=1S/C20H22F3N7O/c1-31-5-4-28-12-27-17-18(28)25-11-26-19(17)30-9-13-7-29(8-14(13)10-30)15-2-3-24-16(6-15)20(21,22)23/h2-3,6,11-14H,4-5,7-10H2,1H3. The first-order valence-electron chi connectivity index (χ1n) is 10.1. The van der Waals surface area contributed by atoms with Crippen LogP contribution in [0.2, 0.25) is 0 Å². The molecule has 0 aliphatic carbocycles. The molecule has 0 spiro atoms. The fourth-order valence-electron chi connectivity index (χ4n) is 4.60. The summed E-state index contributed by atoms with van der Waals surface area (Å²) in [5.74, 6) is 1.51. The summed E-state index contributed by atoms with van der Waals surface area (Å²) < 4.78 is 46.1. The van der Waals surface area contributed by atoms with E-state index in [0.717, 1.165) is 36.1 Å². The van der Waals surface area contributed by atoms with Crippen LogP contribution in [0.25, 0.3) is 11.2 Å². The number of imidazole rings is 1. The normalized spacial score (nSPS) is 21.3. The number of fused-ring (bicyclic) bond motifs is 2. The molecule has 11 heteroatoms. The molecular weight excluding hydrogens is 411 g/mol. The third kappa shape index (κ3) is 3.67. The van der Waals surface area contributed by atoms with Crippen molar-refractivity contribution in [2.45, 2.75) is 12.7 Å². The lowest BCUT2D eigenvalue weighted by Crippen LogP contribution is -2.29. The van der Waals surface area contributed by atoms with Gasteiger partial charge in [0.1, 0.15) is 12.0 Å². The predicted molar refractivity (Wildman–Crippen MR) is 108 cm³/mol. The van der Waals surface area contributed by atoms with E-state index < -0.39 is 11.9 Å². The maximum Gasteiger partial charge on any atom is 0.433 e. The van der Waals surface area contributed by atoms with Crippen LogP contribution in [0.3, 0.4) is 0 Å². The first-order chi connectivity index (χ1) is 14.9.